The zero-order valence-corrected chi connectivity index (χ0v) is 11.3. The van der Waals surface area contributed by atoms with Crippen LogP contribution in [0.15, 0.2) is 24.3 Å². The van der Waals surface area contributed by atoms with E-state index in [-0.39, 0.29) is 6.61 Å². The molecule has 1 aromatic carbocycles. The van der Waals surface area contributed by atoms with Crippen LogP contribution in [0.2, 0.25) is 5.02 Å². The van der Waals surface area contributed by atoms with Crippen molar-refractivity contribution in [2.45, 2.75) is 38.3 Å². The average Bonchev–Trinajstić information content (AvgIpc) is 2.73. The standard InChI is InChI=1S/C14H16ClN3O/c15-12-7-2-1-4-11(12)8-18-14(10-5-3-6-10)13(9-19)16-17-18/h1-2,4,7,10,19H,3,5-6,8-9H2. The molecule has 5 heteroatoms. The molecule has 0 radical (unpaired) electrons. The molecule has 1 saturated carbocycles. The number of rotatable bonds is 4. The van der Waals surface area contributed by atoms with Gasteiger partial charge in [-0.3, -0.25) is 0 Å². The Labute approximate surface area is 117 Å². The molecule has 1 aromatic heterocycles. The van der Waals surface area contributed by atoms with Crippen LogP contribution in [0.5, 0.6) is 0 Å². The summed E-state index contributed by atoms with van der Waals surface area (Å²) in [5.41, 5.74) is 2.81. The summed E-state index contributed by atoms with van der Waals surface area (Å²) in [5, 5.41) is 18.4. The first kappa shape index (κ1) is 12.6. The second-order valence-corrected chi connectivity index (χ2v) is 5.36. The van der Waals surface area contributed by atoms with E-state index >= 15 is 0 Å². The highest BCUT2D eigenvalue weighted by atomic mass is 35.5. The van der Waals surface area contributed by atoms with E-state index in [0.717, 1.165) is 29.1 Å². The van der Waals surface area contributed by atoms with Gasteiger partial charge in [0.1, 0.15) is 5.69 Å². The molecule has 0 spiro atoms. The lowest BCUT2D eigenvalue weighted by atomic mass is 9.82. The Bertz CT molecular complexity index is 578. The van der Waals surface area contributed by atoms with E-state index in [1.54, 1.807) is 0 Å². The molecule has 100 valence electrons. The quantitative estimate of drug-likeness (QED) is 0.935. The second-order valence-electron chi connectivity index (χ2n) is 4.96. The van der Waals surface area contributed by atoms with E-state index in [2.05, 4.69) is 10.3 Å². The largest absolute Gasteiger partial charge is 0.390 e. The number of halogens is 1. The summed E-state index contributed by atoms with van der Waals surface area (Å²) in [6.07, 6.45) is 3.55. The Hall–Kier alpha value is -1.39. The van der Waals surface area contributed by atoms with Gasteiger partial charge in [-0.2, -0.15) is 0 Å². The molecule has 19 heavy (non-hydrogen) atoms. The summed E-state index contributed by atoms with van der Waals surface area (Å²) in [6.45, 7) is 0.562. The minimum absolute atomic E-state index is 0.0473. The predicted molar refractivity (Wildman–Crippen MR) is 73.1 cm³/mol. The molecule has 3 rings (SSSR count). The van der Waals surface area contributed by atoms with Crippen LogP contribution in [0, 0.1) is 0 Å². The first-order chi connectivity index (χ1) is 9.29. The maximum atomic E-state index is 9.38. The van der Waals surface area contributed by atoms with E-state index in [1.807, 2.05) is 28.9 Å². The molecule has 0 bridgehead atoms. The number of aromatic nitrogens is 3. The summed E-state index contributed by atoms with van der Waals surface area (Å²) in [5.74, 6) is 0.486. The highest BCUT2D eigenvalue weighted by Gasteiger charge is 2.27. The summed E-state index contributed by atoms with van der Waals surface area (Å²) in [6, 6.07) is 7.75. The molecule has 1 N–H and O–H groups in total. The van der Waals surface area contributed by atoms with Gasteiger partial charge in [-0.05, 0) is 24.5 Å². The number of hydrogen-bond donors (Lipinski definition) is 1. The lowest BCUT2D eigenvalue weighted by Crippen LogP contribution is -2.17. The molecule has 0 amide bonds. The number of aliphatic hydroxyl groups excluding tert-OH is 1. The maximum absolute atomic E-state index is 9.38. The SMILES string of the molecule is OCc1nnn(Cc2ccccc2Cl)c1C1CCC1. The summed E-state index contributed by atoms with van der Waals surface area (Å²) in [4.78, 5) is 0. The lowest BCUT2D eigenvalue weighted by molar-refractivity contribution is 0.271. The van der Waals surface area contributed by atoms with Gasteiger partial charge in [0.2, 0.25) is 0 Å². The third kappa shape index (κ3) is 2.38. The highest BCUT2D eigenvalue weighted by molar-refractivity contribution is 6.31. The average molecular weight is 278 g/mol. The van der Waals surface area contributed by atoms with Gasteiger partial charge in [0.05, 0.1) is 18.8 Å². The number of hydrogen-bond acceptors (Lipinski definition) is 3. The molecule has 1 aliphatic carbocycles. The van der Waals surface area contributed by atoms with Crippen LogP contribution in [-0.2, 0) is 13.2 Å². The van der Waals surface area contributed by atoms with Gasteiger partial charge < -0.3 is 5.11 Å². The van der Waals surface area contributed by atoms with Crippen LogP contribution in [0.4, 0.5) is 0 Å². The van der Waals surface area contributed by atoms with Crippen LogP contribution in [-0.4, -0.2) is 20.1 Å². The van der Waals surface area contributed by atoms with E-state index < -0.39 is 0 Å². The Morgan fingerprint density at radius 2 is 2.11 bits per heavy atom. The molecule has 1 heterocycles. The van der Waals surface area contributed by atoms with Crippen molar-refractivity contribution in [1.82, 2.24) is 15.0 Å². The Balaban J connectivity index is 1.92. The Morgan fingerprint density at radius 3 is 2.74 bits per heavy atom. The molecule has 1 aliphatic rings. The van der Waals surface area contributed by atoms with E-state index in [1.165, 1.54) is 6.42 Å². The normalized spacial score (nSPS) is 15.5. The van der Waals surface area contributed by atoms with E-state index in [9.17, 15) is 5.11 Å². The van der Waals surface area contributed by atoms with Crippen molar-refractivity contribution >= 4 is 11.6 Å². The van der Waals surface area contributed by atoms with Crippen LogP contribution in [0.3, 0.4) is 0 Å². The zero-order valence-electron chi connectivity index (χ0n) is 10.6. The predicted octanol–water partition coefficient (Wildman–Crippen LogP) is 2.74. The molecular weight excluding hydrogens is 262 g/mol. The summed E-state index contributed by atoms with van der Waals surface area (Å²) in [7, 11) is 0. The molecule has 0 aliphatic heterocycles. The van der Waals surface area contributed by atoms with Gasteiger partial charge in [-0.25, -0.2) is 4.68 Å². The van der Waals surface area contributed by atoms with E-state index in [4.69, 9.17) is 11.6 Å². The fourth-order valence-corrected chi connectivity index (χ4v) is 2.70. The first-order valence-corrected chi connectivity index (χ1v) is 6.94. The van der Waals surface area contributed by atoms with Crippen molar-refractivity contribution in [3.8, 4) is 0 Å². The van der Waals surface area contributed by atoms with Crippen molar-refractivity contribution in [1.29, 1.82) is 0 Å². The molecule has 0 atom stereocenters. The molecular formula is C14H16ClN3O. The van der Waals surface area contributed by atoms with Crippen molar-refractivity contribution in [2.75, 3.05) is 0 Å². The summed E-state index contributed by atoms with van der Waals surface area (Å²) >= 11 is 6.18. The third-order valence-corrected chi connectivity index (χ3v) is 4.14. The molecule has 4 nitrogen and oxygen atoms in total. The smallest absolute Gasteiger partial charge is 0.112 e. The fourth-order valence-electron chi connectivity index (χ4n) is 2.50. The third-order valence-electron chi connectivity index (χ3n) is 3.77. The minimum Gasteiger partial charge on any atom is -0.390 e. The van der Waals surface area contributed by atoms with Gasteiger partial charge in [0.25, 0.3) is 0 Å². The fraction of sp³-hybridized carbons (Fsp3) is 0.429. The van der Waals surface area contributed by atoms with Gasteiger partial charge in [-0.1, -0.05) is 41.4 Å². The molecule has 1 fully saturated rings. The Kier molecular flexibility index (Phi) is 3.53. The van der Waals surface area contributed by atoms with Gasteiger partial charge in [-0.15, -0.1) is 5.10 Å². The highest BCUT2D eigenvalue weighted by Crippen LogP contribution is 2.37. The molecule has 0 saturated heterocycles. The van der Waals surface area contributed by atoms with Gasteiger partial charge in [0.15, 0.2) is 0 Å². The van der Waals surface area contributed by atoms with Crippen LogP contribution in [0.1, 0.15) is 42.1 Å². The monoisotopic (exact) mass is 277 g/mol. The minimum atomic E-state index is -0.0473. The van der Waals surface area contributed by atoms with Crippen molar-refractivity contribution in [2.24, 2.45) is 0 Å². The number of benzene rings is 1. The zero-order chi connectivity index (χ0) is 13.2. The second kappa shape index (κ2) is 5.31. The number of aliphatic hydroxyl groups is 1. The van der Waals surface area contributed by atoms with Gasteiger partial charge in [0, 0.05) is 10.9 Å². The van der Waals surface area contributed by atoms with Crippen LogP contribution < -0.4 is 0 Å². The summed E-state index contributed by atoms with van der Waals surface area (Å²) < 4.78 is 1.89. The van der Waals surface area contributed by atoms with E-state index in [0.29, 0.717) is 18.2 Å². The van der Waals surface area contributed by atoms with Crippen molar-refractivity contribution in [3.63, 3.8) is 0 Å². The molecule has 0 unspecified atom stereocenters. The van der Waals surface area contributed by atoms with Crippen LogP contribution >= 0.6 is 11.6 Å². The maximum Gasteiger partial charge on any atom is 0.112 e. The van der Waals surface area contributed by atoms with Crippen molar-refractivity contribution in [3.05, 3.63) is 46.2 Å². The number of nitrogens with zero attached hydrogens (tertiary/aromatic N) is 3. The molecule has 2 aromatic rings. The van der Waals surface area contributed by atoms with Crippen molar-refractivity contribution < 1.29 is 5.11 Å². The van der Waals surface area contributed by atoms with Gasteiger partial charge >= 0.3 is 0 Å². The topological polar surface area (TPSA) is 50.9 Å². The van der Waals surface area contributed by atoms with Crippen LogP contribution in [0.25, 0.3) is 0 Å². The lowest BCUT2D eigenvalue weighted by Gasteiger charge is -2.26. The first-order valence-electron chi connectivity index (χ1n) is 6.56. The Morgan fingerprint density at radius 1 is 1.32 bits per heavy atom.